The van der Waals surface area contributed by atoms with Crippen molar-refractivity contribution < 1.29 is 23.5 Å². The second kappa shape index (κ2) is 7.14. The van der Waals surface area contributed by atoms with Crippen LogP contribution < -0.4 is 10.6 Å². The van der Waals surface area contributed by atoms with Crippen LogP contribution in [-0.4, -0.2) is 29.5 Å². The number of nitrogens with zero attached hydrogens (tertiary/aromatic N) is 1. The van der Waals surface area contributed by atoms with E-state index >= 15 is 0 Å². The van der Waals surface area contributed by atoms with Crippen molar-refractivity contribution in [1.29, 1.82) is 0 Å². The summed E-state index contributed by atoms with van der Waals surface area (Å²) in [7, 11) is 0. The first-order valence-corrected chi connectivity index (χ1v) is 8.16. The van der Waals surface area contributed by atoms with Gasteiger partial charge >= 0.3 is 6.09 Å². The van der Waals surface area contributed by atoms with Crippen LogP contribution in [0.2, 0.25) is 0 Å². The van der Waals surface area contributed by atoms with E-state index in [0.29, 0.717) is 21.7 Å². The molecule has 0 fully saturated rings. The average molecular weight is 359 g/mol. The molecule has 9 heteroatoms. The van der Waals surface area contributed by atoms with Crippen LogP contribution in [0.25, 0.3) is 11.1 Å². The monoisotopic (exact) mass is 359 g/mol. The predicted molar refractivity (Wildman–Crippen MR) is 90.8 cm³/mol. The number of imide groups is 1. The Kier molecular flexibility index (Phi) is 4.75. The summed E-state index contributed by atoms with van der Waals surface area (Å²) in [4.78, 5) is 39.8. The highest BCUT2D eigenvalue weighted by molar-refractivity contribution is 7.14. The molecule has 3 rings (SSSR count). The molecule has 0 spiro atoms. The Bertz CT molecular complexity index is 946. The van der Waals surface area contributed by atoms with Crippen LogP contribution in [0.5, 0.6) is 0 Å². The van der Waals surface area contributed by atoms with Gasteiger partial charge in [0.15, 0.2) is 12.0 Å². The second-order valence-corrected chi connectivity index (χ2v) is 5.74. The van der Waals surface area contributed by atoms with Crippen LogP contribution in [0.1, 0.15) is 27.6 Å². The molecule has 1 aromatic carbocycles. The van der Waals surface area contributed by atoms with Crippen LogP contribution >= 0.6 is 11.3 Å². The summed E-state index contributed by atoms with van der Waals surface area (Å²) < 4.78 is 9.79. The van der Waals surface area contributed by atoms with E-state index in [-0.39, 0.29) is 12.2 Å². The quantitative estimate of drug-likeness (QED) is 0.741. The largest absolute Gasteiger partial charge is 0.450 e. The molecule has 0 saturated heterocycles. The highest BCUT2D eigenvalue weighted by Crippen LogP contribution is 2.24. The molecule has 0 aliphatic heterocycles. The number of thiophene rings is 1. The molecular weight excluding hydrogens is 346 g/mol. The van der Waals surface area contributed by atoms with E-state index in [1.165, 1.54) is 23.8 Å². The number of hydrogen-bond donors (Lipinski definition) is 2. The van der Waals surface area contributed by atoms with Gasteiger partial charge in [0.2, 0.25) is 0 Å². The molecule has 2 heterocycles. The van der Waals surface area contributed by atoms with E-state index in [1.807, 2.05) is 0 Å². The number of ether oxygens (including phenoxy) is 1. The Hall–Kier alpha value is -3.20. The molecule has 8 nitrogen and oxygen atoms in total. The van der Waals surface area contributed by atoms with Crippen molar-refractivity contribution in [3.63, 3.8) is 0 Å². The zero-order chi connectivity index (χ0) is 17.8. The van der Waals surface area contributed by atoms with Crippen molar-refractivity contribution in [2.75, 3.05) is 11.9 Å². The van der Waals surface area contributed by atoms with Gasteiger partial charge < -0.3 is 14.5 Å². The van der Waals surface area contributed by atoms with Crippen molar-refractivity contribution in [3.05, 3.63) is 47.2 Å². The summed E-state index contributed by atoms with van der Waals surface area (Å²) in [6.45, 7) is 1.78. The van der Waals surface area contributed by atoms with Gasteiger partial charge in [-0.15, -0.1) is 11.3 Å². The average Bonchev–Trinajstić information content (AvgIpc) is 3.22. The van der Waals surface area contributed by atoms with E-state index in [9.17, 15) is 14.4 Å². The van der Waals surface area contributed by atoms with Crippen molar-refractivity contribution in [2.24, 2.45) is 0 Å². The third-order valence-electron chi connectivity index (χ3n) is 3.22. The van der Waals surface area contributed by atoms with Crippen molar-refractivity contribution in [2.45, 2.75) is 6.92 Å². The molecule has 25 heavy (non-hydrogen) atoms. The molecule has 3 amide bonds. The Labute approximate surface area is 145 Å². The van der Waals surface area contributed by atoms with Gasteiger partial charge in [0, 0.05) is 5.56 Å². The molecule has 2 N–H and O–H groups in total. The SMILES string of the molecule is CCOC(=O)NC(=O)c1ccsc1NC(=O)c1ccc2ocnc2c1. The Morgan fingerprint density at radius 1 is 1.24 bits per heavy atom. The molecule has 0 bridgehead atoms. The number of nitrogens with one attached hydrogen (secondary N) is 2. The number of anilines is 1. The minimum atomic E-state index is -0.840. The first-order valence-electron chi connectivity index (χ1n) is 7.28. The topological polar surface area (TPSA) is 111 Å². The molecule has 3 aromatic rings. The van der Waals surface area contributed by atoms with Crippen LogP contribution in [0.4, 0.5) is 9.80 Å². The van der Waals surface area contributed by atoms with E-state index in [0.717, 1.165) is 0 Å². The van der Waals surface area contributed by atoms with Gasteiger partial charge in [-0.05, 0) is 36.6 Å². The van der Waals surface area contributed by atoms with Gasteiger partial charge in [0.25, 0.3) is 11.8 Å². The fraction of sp³-hybridized carbons (Fsp3) is 0.125. The first kappa shape index (κ1) is 16.7. The minimum Gasteiger partial charge on any atom is -0.450 e. The smallest absolute Gasteiger partial charge is 0.414 e. The number of carbonyl (C=O) groups excluding carboxylic acids is 3. The van der Waals surface area contributed by atoms with Gasteiger partial charge in [-0.1, -0.05) is 0 Å². The zero-order valence-corrected chi connectivity index (χ0v) is 13.9. The van der Waals surface area contributed by atoms with E-state index < -0.39 is 17.9 Å². The van der Waals surface area contributed by atoms with Gasteiger partial charge in [-0.2, -0.15) is 0 Å². The lowest BCUT2D eigenvalue weighted by atomic mass is 10.2. The summed E-state index contributed by atoms with van der Waals surface area (Å²) in [6, 6.07) is 6.32. The van der Waals surface area contributed by atoms with Crippen LogP contribution in [0.3, 0.4) is 0 Å². The third-order valence-corrected chi connectivity index (χ3v) is 4.05. The van der Waals surface area contributed by atoms with Crippen LogP contribution in [0, 0.1) is 0 Å². The summed E-state index contributed by atoms with van der Waals surface area (Å²) >= 11 is 1.17. The second-order valence-electron chi connectivity index (χ2n) is 4.83. The van der Waals surface area contributed by atoms with Gasteiger partial charge in [-0.25, -0.2) is 9.78 Å². The first-order chi connectivity index (χ1) is 12.1. The number of alkyl carbamates (subject to hydrolysis) is 1. The molecule has 0 aliphatic rings. The number of aromatic nitrogens is 1. The summed E-state index contributed by atoms with van der Waals surface area (Å²) in [6.07, 6.45) is 0.455. The van der Waals surface area contributed by atoms with E-state index in [2.05, 4.69) is 20.4 Å². The molecule has 0 atom stereocenters. The number of carbonyl (C=O) groups is 3. The maximum atomic E-state index is 12.4. The normalized spacial score (nSPS) is 10.4. The molecule has 0 radical (unpaired) electrons. The van der Waals surface area contributed by atoms with E-state index in [1.54, 1.807) is 30.5 Å². The van der Waals surface area contributed by atoms with Crippen molar-refractivity contribution in [1.82, 2.24) is 10.3 Å². The van der Waals surface area contributed by atoms with Crippen LogP contribution in [-0.2, 0) is 4.74 Å². The summed E-state index contributed by atoms with van der Waals surface area (Å²) in [5.41, 5.74) is 1.67. The number of rotatable bonds is 4. The van der Waals surface area contributed by atoms with Crippen molar-refractivity contribution in [3.8, 4) is 0 Å². The van der Waals surface area contributed by atoms with Gasteiger partial charge in [0.1, 0.15) is 10.5 Å². The fourth-order valence-electron chi connectivity index (χ4n) is 2.09. The number of hydrogen-bond acceptors (Lipinski definition) is 7. The molecular formula is C16H13N3O5S. The fourth-order valence-corrected chi connectivity index (χ4v) is 2.87. The Morgan fingerprint density at radius 2 is 2.08 bits per heavy atom. The maximum absolute atomic E-state index is 12.4. The van der Waals surface area contributed by atoms with Gasteiger partial charge in [-0.3, -0.25) is 14.9 Å². The maximum Gasteiger partial charge on any atom is 0.414 e. The molecule has 0 saturated carbocycles. The lowest BCUT2D eigenvalue weighted by Crippen LogP contribution is -2.31. The third kappa shape index (κ3) is 3.66. The predicted octanol–water partition coefficient (Wildman–Crippen LogP) is 3.03. The number of amides is 3. The molecule has 2 aromatic heterocycles. The number of benzene rings is 1. The van der Waals surface area contributed by atoms with Crippen LogP contribution in [0.15, 0.2) is 40.5 Å². The Balaban J connectivity index is 1.74. The standard InChI is InChI=1S/C16H13N3O5S/c1-2-23-16(22)19-14(21)10-5-6-25-15(10)18-13(20)9-3-4-12-11(7-9)17-8-24-12/h3-8H,2H2,1H3,(H,18,20)(H,19,21,22). The highest BCUT2D eigenvalue weighted by Gasteiger charge is 2.18. The molecule has 0 unspecified atom stereocenters. The molecule has 0 aliphatic carbocycles. The lowest BCUT2D eigenvalue weighted by Gasteiger charge is -2.07. The lowest BCUT2D eigenvalue weighted by molar-refractivity contribution is 0.0926. The minimum absolute atomic E-state index is 0.150. The number of oxazole rings is 1. The molecule has 128 valence electrons. The van der Waals surface area contributed by atoms with Gasteiger partial charge in [0.05, 0.1) is 12.2 Å². The van der Waals surface area contributed by atoms with E-state index in [4.69, 9.17) is 4.42 Å². The highest BCUT2D eigenvalue weighted by atomic mass is 32.1. The number of fused-ring (bicyclic) bond motifs is 1. The zero-order valence-electron chi connectivity index (χ0n) is 13.1. The van der Waals surface area contributed by atoms with Crippen molar-refractivity contribution >= 4 is 45.3 Å². The summed E-state index contributed by atoms with van der Waals surface area (Å²) in [5.74, 6) is -1.06. The summed E-state index contributed by atoms with van der Waals surface area (Å²) in [5, 5.41) is 6.71. The Morgan fingerprint density at radius 3 is 2.88 bits per heavy atom.